The van der Waals surface area contributed by atoms with E-state index in [0.717, 1.165) is 0 Å². The predicted octanol–water partition coefficient (Wildman–Crippen LogP) is 8.02. The molecule has 0 aliphatic heterocycles. The van der Waals surface area contributed by atoms with Crippen LogP contribution in [0.15, 0.2) is 152 Å². The Kier molecular flexibility index (Phi) is 9.74. The van der Waals surface area contributed by atoms with Crippen LogP contribution in [0.4, 0.5) is 0 Å². The smallest absolute Gasteiger partial charge is 0.108 e. The van der Waals surface area contributed by atoms with Crippen LogP contribution in [0.3, 0.4) is 0 Å². The summed E-state index contributed by atoms with van der Waals surface area (Å²) in [5.41, 5.74) is 5.36. The molecule has 0 aliphatic rings. The van der Waals surface area contributed by atoms with Gasteiger partial charge < -0.3 is 0 Å². The van der Waals surface area contributed by atoms with Crippen LogP contribution >= 0.6 is 19.8 Å². The van der Waals surface area contributed by atoms with Crippen molar-refractivity contribution in [3.63, 3.8) is 0 Å². The Morgan fingerprint density at radius 1 is 0.350 bits per heavy atom. The molecule has 0 bridgehead atoms. The van der Waals surface area contributed by atoms with Crippen LogP contribution in [0.25, 0.3) is 0 Å². The summed E-state index contributed by atoms with van der Waals surface area (Å²) in [6, 6.07) is 54.6. The average Bonchev–Trinajstić information content (AvgIpc) is 2.95. The maximum absolute atomic E-state index is 2.40. The van der Waals surface area contributed by atoms with E-state index in [0.29, 0.717) is 6.84 Å². The summed E-state index contributed by atoms with van der Waals surface area (Å²) >= 11 is -1.17. The fourth-order valence-corrected chi connectivity index (χ4v) is 15.9. The summed E-state index contributed by atoms with van der Waals surface area (Å²) in [4.78, 5) is 0. The van der Waals surface area contributed by atoms with Gasteiger partial charge in [-0.25, -0.2) is 0 Å². The van der Waals surface area contributed by atoms with Gasteiger partial charge in [0.25, 0.3) is 0 Å². The number of hydrogen-bond acceptors (Lipinski definition) is 0. The van der Waals surface area contributed by atoms with E-state index >= 15 is 0 Å². The van der Waals surface area contributed by atoms with Crippen molar-refractivity contribution in [1.29, 1.82) is 0 Å². The zero-order chi connectivity index (χ0) is 28.6. The minimum absolute atomic E-state index is 0.462. The monoisotopic (exact) mass is 637 g/mol. The van der Waals surface area contributed by atoms with Crippen LogP contribution in [0.2, 0.25) is 0 Å². The first-order valence-corrected chi connectivity index (χ1v) is 17.5. The van der Waals surface area contributed by atoms with Crippen LogP contribution in [-0.2, 0) is 0 Å². The van der Waals surface area contributed by atoms with E-state index in [2.05, 4.69) is 193 Å². The van der Waals surface area contributed by atoms with Gasteiger partial charge in [0.2, 0.25) is 0 Å². The molecule has 0 heterocycles. The standard InChI is InChI=1S/C24H20B.C14H23I/c1-5-13-21(14-6-1)25(22-15-7-2-8-16-22,23-17-9-3-10-18-23)24-19-11-4-12-20-24;1-13(2,3)15(14(4,5)6)12-10-8-7-9-11-12/h1-20H;7-11H,1-6H3/q-1;. The van der Waals surface area contributed by atoms with Gasteiger partial charge in [0, 0.05) is 0 Å². The molecule has 5 aromatic rings. The van der Waals surface area contributed by atoms with Gasteiger partial charge in [0.05, 0.1) is 0 Å². The third-order valence-corrected chi connectivity index (χ3v) is 15.7. The molecule has 206 valence electrons. The number of hydrogen-bond donors (Lipinski definition) is 0. The maximum atomic E-state index is 2.40. The third kappa shape index (κ3) is 6.78. The van der Waals surface area contributed by atoms with Gasteiger partial charge >= 0.3 is 102 Å². The normalized spacial score (nSPS) is 12.2. The Morgan fingerprint density at radius 2 is 0.575 bits per heavy atom. The maximum Gasteiger partial charge on any atom is 0.108 e. The van der Waals surface area contributed by atoms with Gasteiger partial charge in [-0.1, -0.05) is 121 Å². The summed E-state index contributed by atoms with van der Waals surface area (Å²) in [6.07, 6.45) is -1.22. The molecule has 0 amide bonds. The Hall–Kier alpha value is -3.11. The van der Waals surface area contributed by atoms with E-state index in [-0.39, 0.29) is 0 Å². The molecule has 0 saturated carbocycles. The molecular formula is C38H43BI-. The fourth-order valence-electron chi connectivity index (χ4n) is 6.17. The van der Waals surface area contributed by atoms with Crippen molar-refractivity contribution in [2.45, 2.75) is 48.4 Å². The SMILES string of the molecule is CC(C)(C)I(c1ccccc1)C(C)(C)C.c1ccc([B-](c2ccccc2)(c2ccccc2)c2ccccc2)cc1. The largest absolute Gasteiger partial charge is 0.195 e. The first-order chi connectivity index (χ1) is 19.1. The molecule has 0 radical (unpaired) electrons. The van der Waals surface area contributed by atoms with Crippen LogP contribution in [0.5, 0.6) is 0 Å². The molecule has 0 fully saturated rings. The zero-order valence-corrected chi connectivity index (χ0v) is 27.0. The Bertz CT molecular complexity index is 1240. The molecule has 2 heteroatoms. The topological polar surface area (TPSA) is 0 Å². The van der Waals surface area contributed by atoms with Crippen molar-refractivity contribution in [2.24, 2.45) is 0 Å². The summed E-state index contributed by atoms with van der Waals surface area (Å²) in [5.74, 6) is 0. The molecule has 0 aliphatic carbocycles. The van der Waals surface area contributed by atoms with Crippen molar-refractivity contribution in [3.05, 3.63) is 155 Å². The molecule has 0 saturated heterocycles. The number of benzene rings is 5. The van der Waals surface area contributed by atoms with E-state index in [4.69, 9.17) is 0 Å². The van der Waals surface area contributed by atoms with E-state index in [1.54, 1.807) is 3.57 Å². The molecular weight excluding hydrogens is 594 g/mol. The summed E-state index contributed by atoms with van der Waals surface area (Å²) in [5, 5.41) is 0. The third-order valence-electron chi connectivity index (χ3n) is 7.28. The fraction of sp³-hybridized carbons (Fsp3) is 0.211. The van der Waals surface area contributed by atoms with Crippen molar-refractivity contribution >= 4 is 47.8 Å². The Morgan fingerprint density at radius 3 is 0.800 bits per heavy atom. The van der Waals surface area contributed by atoms with Crippen LogP contribution in [0.1, 0.15) is 41.5 Å². The van der Waals surface area contributed by atoms with Crippen molar-refractivity contribution in [3.8, 4) is 0 Å². The Labute approximate surface area is 250 Å². The van der Waals surface area contributed by atoms with Gasteiger partial charge in [-0.2, -0.15) is 21.9 Å². The van der Waals surface area contributed by atoms with Crippen LogP contribution < -0.4 is 21.9 Å². The van der Waals surface area contributed by atoms with Gasteiger partial charge in [0.15, 0.2) is 0 Å². The molecule has 40 heavy (non-hydrogen) atoms. The van der Waals surface area contributed by atoms with E-state index < -0.39 is 26.0 Å². The zero-order valence-electron chi connectivity index (χ0n) is 24.9. The van der Waals surface area contributed by atoms with Gasteiger partial charge in [-0.3, -0.25) is 0 Å². The van der Waals surface area contributed by atoms with Crippen molar-refractivity contribution in [2.75, 3.05) is 0 Å². The second kappa shape index (κ2) is 13.0. The van der Waals surface area contributed by atoms with Gasteiger partial charge in [0.1, 0.15) is 6.15 Å². The van der Waals surface area contributed by atoms with E-state index in [1.165, 1.54) is 21.9 Å². The molecule has 0 N–H and O–H groups in total. The molecule has 0 nitrogen and oxygen atoms in total. The second-order valence-corrected chi connectivity index (χ2v) is 21.6. The number of alkyl halides is 2. The summed E-state index contributed by atoms with van der Waals surface area (Å²) < 4.78 is 2.54. The van der Waals surface area contributed by atoms with Crippen molar-refractivity contribution < 1.29 is 0 Å². The average molecular weight is 637 g/mol. The van der Waals surface area contributed by atoms with Crippen LogP contribution in [0, 0.1) is 3.57 Å². The minimum Gasteiger partial charge on any atom is -0.195 e. The van der Waals surface area contributed by atoms with Crippen LogP contribution in [-0.4, -0.2) is 13.0 Å². The van der Waals surface area contributed by atoms with Crippen molar-refractivity contribution in [1.82, 2.24) is 0 Å². The second-order valence-electron chi connectivity index (χ2n) is 12.2. The Balaban J connectivity index is 0.000000212. The molecule has 5 rings (SSSR count). The number of rotatable bonds is 5. The van der Waals surface area contributed by atoms with E-state index in [9.17, 15) is 0 Å². The summed E-state index contributed by atoms with van der Waals surface area (Å²) in [7, 11) is 0. The minimum atomic E-state index is -1.22. The molecule has 0 spiro atoms. The predicted molar refractivity (Wildman–Crippen MR) is 189 cm³/mol. The summed E-state index contributed by atoms with van der Waals surface area (Å²) in [6.45, 7) is 14.4. The van der Waals surface area contributed by atoms with Gasteiger partial charge in [-0.05, 0) is 0 Å². The van der Waals surface area contributed by atoms with Gasteiger partial charge in [-0.15, -0.1) is 0 Å². The number of halogens is 1. The van der Waals surface area contributed by atoms with E-state index in [1.807, 2.05) is 0 Å². The molecule has 0 atom stereocenters. The first-order valence-electron chi connectivity index (χ1n) is 14.3. The molecule has 0 aromatic heterocycles. The first kappa shape index (κ1) is 29.9. The molecule has 5 aromatic carbocycles. The molecule has 0 unspecified atom stereocenters. The quantitative estimate of drug-likeness (QED) is 0.104.